The molecule has 7 N–H and O–H groups in total. The van der Waals surface area contributed by atoms with E-state index < -0.39 is 36.4 Å². The van der Waals surface area contributed by atoms with Crippen LogP contribution >= 0.6 is 0 Å². The third-order valence-electron chi connectivity index (χ3n) is 4.49. The minimum atomic E-state index is -2.53. The molecule has 1 unspecified atom stereocenters. The number of methoxy groups -OCH3 is 1. The van der Waals surface area contributed by atoms with Gasteiger partial charge in [-0.2, -0.15) is 0 Å². The summed E-state index contributed by atoms with van der Waals surface area (Å²) in [6.07, 6.45) is -4.26. The van der Waals surface area contributed by atoms with Crippen molar-refractivity contribution < 1.29 is 34.7 Å². The maximum Gasteiger partial charge on any atom is 0.287 e. The Labute approximate surface area is 159 Å². The summed E-state index contributed by atoms with van der Waals surface area (Å²) in [6, 6.07) is 7.03. The third-order valence-corrected chi connectivity index (χ3v) is 4.49. The fourth-order valence-electron chi connectivity index (χ4n) is 2.95. The lowest BCUT2D eigenvalue weighted by Crippen LogP contribution is -2.47. The highest BCUT2D eigenvalue weighted by Crippen LogP contribution is 2.34. The normalized spacial score (nSPS) is 28.1. The van der Waals surface area contributed by atoms with Gasteiger partial charge in [-0.1, -0.05) is 12.1 Å². The second kappa shape index (κ2) is 7.83. The van der Waals surface area contributed by atoms with E-state index in [9.17, 15) is 25.2 Å². The molecule has 1 aliphatic heterocycles. The Balaban J connectivity index is 1.76. The van der Waals surface area contributed by atoms with Crippen molar-refractivity contribution in [2.24, 2.45) is 5.73 Å². The molecule has 152 valence electrons. The van der Waals surface area contributed by atoms with Crippen LogP contribution in [0.4, 0.5) is 0 Å². The summed E-state index contributed by atoms with van der Waals surface area (Å²) in [5.74, 6) is -2.78. The standard InChI is InChI=1S/C17H22N4O7/c1-27-10-4-2-9(3-5-10)8-20-16(25)15-19-6-7-21(15)17(26)13(23)11(22)12(28-17)14(18)24/h2-7,11-14,22-24,26H,8,18H2,1H3,(H,20,25)/t11-,12+,13-,14?,17-/m1/s1. The van der Waals surface area contributed by atoms with E-state index in [1.54, 1.807) is 31.4 Å². The molecule has 1 aliphatic rings. The van der Waals surface area contributed by atoms with Gasteiger partial charge in [0.1, 0.15) is 24.2 Å². The zero-order chi connectivity index (χ0) is 20.5. The van der Waals surface area contributed by atoms with Crippen LogP contribution in [-0.2, 0) is 17.2 Å². The van der Waals surface area contributed by atoms with Crippen LogP contribution < -0.4 is 15.8 Å². The van der Waals surface area contributed by atoms with Crippen molar-refractivity contribution in [3.05, 3.63) is 48.0 Å². The molecule has 5 atom stereocenters. The van der Waals surface area contributed by atoms with Crippen molar-refractivity contribution >= 4 is 5.91 Å². The van der Waals surface area contributed by atoms with Gasteiger partial charge in [0.2, 0.25) is 5.82 Å². The molecule has 1 aromatic heterocycles. The van der Waals surface area contributed by atoms with Gasteiger partial charge in [0, 0.05) is 18.9 Å². The first-order chi connectivity index (χ1) is 13.3. The number of hydrogen-bond donors (Lipinski definition) is 6. The van der Waals surface area contributed by atoms with E-state index in [1.165, 1.54) is 12.4 Å². The SMILES string of the molecule is COc1ccc(CNC(=O)c2nccn2[C@]2(O)O[C@H](C(N)O)[C@@H](O)[C@H]2O)cc1. The molecule has 1 aromatic carbocycles. The van der Waals surface area contributed by atoms with E-state index in [4.69, 9.17) is 15.2 Å². The maximum absolute atomic E-state index is 12.5. The number of rotatable bonds is 6. The van der Waals surface area contributed by atoms with Gasteiger partial charge in [0.05, 0.1) is 7.11 Å². The molecular weight excluding hydrogens is 372 g/mol. The lowest BCUT2D eigenvalue weighted by atomic mass is 10.1. The van der Waals surface area contributed by atoms with Gasteiger partial charge in [-0.05, 0) is 17.7 Å². The Morgan fingerprint density at radius 2 is 2.11 bits per heavy atom. The second-order valence-electron chi connectivity index (χ2n) is 6.32. The predicted octanol–water partition coefficient (Wildman–Crippen LogP) is -2.18. The minimum Gasteiger partial charge on any atom is -0.497 e. The van der Waals surface area contributed by atoms with Crippen molar-refractivity contribution in [3.8, 4) is 5.75 Å². The van der Waals surface area contributed by atoms with Crippen LogP contribution in [0, 0.1) is 0 Å². The summed E-state index contributed by atoms with van der Waals surface area (Å²) in [7, 11) is 1.55. The number of carbonyl (C=O) groups excluding carboxylic acids is 1. The molecule has 28 heavy (non-hydrogen) atoms. The lowest BCUT2D eigenvalue weighted by Gasteiger charge is -2.28. The van der Waals surface area contributed by atoms with Crippen LogP contribution in [0.25, 0.3) is 0 Å². The fraction of sp³-hybridized carbons (Fsp3) is 0.412. The molecule has 0 radical (unpaired) electrons. The molecule has 1 amide bonds. The average Bonchev–Trinajstić information content (AvgIpc) is 3.27. The molecule has 2 heterocycles. The van der Waals surface area contributed by atoms with Crippen molar-refractivity contribution in [2.45, 2.75) is 37.0 Å². The second-order valence-corrected chi connectivity index (χ2v) is 6.32. The van der Waals surface area contributed by atoms with Crippen LogP contribution in [0.5, 0.6) is 5.75 Å². The first-order valence-electron chi connectivity index (χ1n) is 8.43. The predicted molar refractivity (Wildman–Crippen MR) is 93.7 cm³/mol. The number of amides is 1. The van der Waals surface area contributed by atoms with E-state index in [0.717, 1.165) is 10.1 Å². The summed E-state index contributed by atoms with van der Waals surface area (Å²) in [6.45, 7) is 0.171. The average molecular weight is 394 g/mol. The van der Waals surface area contributed by atoms with Crippen molar-refractivity contribution in [2.75, 3.05) is 7.11 Å². The summed E-state index contributed by atoms with van der Waals surface area (Å²) >= 11 is 0. The zero-order valence-corrected chi connectivity index (χ0v) is 15.0. The monoisotopic (exact) mass is 394 g/mol. The molecule has 3 rings (SSSR count). The summed E-state index contributed by atoms with van der Waals surface area (Å²) in [5.41, 5.74) is 6.09. The number of nitrogens with zero attached hydrogens (tertiary/aromatic N) is 2. The molecule has 11 nitrogen and oxygen atoms in total. The first kappa shape index (κ1) is 20.2. The number of nitrogens with one attached hydrogen (secondary N) is 1. The largest absolute Gasteiger partial charge is 0.497 e. The van der Waals surface area contributed by atoms with Crippen LogP contribution in [0.3, 0.4) is 0 Å². The van der Waals surface area contributed by atoms with Crippen molar-refractivity contribution in [1.29, 1.82) is 0 Å². The van der Waals surface area contributed by atoms with Crippen LogP contribution in [-0.4, -0.2) is 67.5 Å². The number of carbonyl (C=O) groups is 1. The molecule has 1 fully saturated rings. The number of hydrogen-bond acceptors (Lipinski definition) is 9. The molecule has 0 saturated carbocycles. The molecule has 1 saturated heterocycles. The van der Waals surface area contributed by atoms with E-state index in [-0.39, 0.29) is 12.4 Å². The quantitative estimate of drug-likeness (QED) is 0.298. The maximum atomic E-state index is 12.5. The Kier molecular flexibility index (Phi) is 5.65. The van der Waals surface area contributed by atoms with Gasteiger partial charge < -0.3 is 41.0 Å². The molecule has 2 aromatic rings. The van der Waals surface area contributed by atoms with Gasteiger partial charge in [0.15, 0.2) is 6.10 Å². The Bertz CT molecular complexity index is 825. The van der Waals surface area contributed by atoms with Gasteiger partial charge in [0.25, 0.3) is 11.8 Å². The Morgan fingerprint density at radius 1 is 1.43 bits per heavy atom. The van der Waals surface area contributed by atoms with Crippen molar-refractivity contribution in [3.63, 3.8) is 0 Å². The highest BCUT2D eigenvalue weighted by molar-refractivity contribution is 5.90. The third kappa shape index (κ3) is 3.58. The van der Waals surface area contributed by atoms with Crippen LogP contribution in [0.15, 0.2) is 36.7 Å². The van der Waals surface area contributed by atoms with Gasteiger partial charge in [-0.15, -0.1) is 0 Å². The molecular formula is C17H22N4O7. The van der Waals surface area contributed by atoms with Gasteiger partial charge in [-0.3, -0.25) is 9.36 Å². The fourth-order valence-corrected chi connectivity index (χ4v) is 2.95. The Hall–Kier alpha value is -2.54. The summed E-state index contributed by atoms with van der Waals surface area (Å²) < 4.78 is 11.1. The highest BCUT2D eigenvalue weighted by Gasteiger charge is 2.57. The number of nitrogens with two attached hydrogens (primary N) is 1. The van der Waals surface area contributed by atoms with Crippen LogP contribution in [0.1, 0.15) is 16.2 Å². The molecule has 0 spiro atoms. The van der Waals surface area contributed by atoms with Gasteiger partial charge in [-0.25, -0.2) is 4.98 Å². The van der Waals surface area contributed by atoms with Crippen molar-refractivity contribution in [1.82, 2.24) is 14.9 Å². The zero-order valence-electron chi connectivity index (χ0n) is 15.0. The number of imidazole rings is 1. The highest BCUT2D eigenvalue weighted by atomic mass is 16.7. The number of aliphatic hydroxyl groups excluding tert-OH is 3. The summed E-state index contributed by atoms with van der Waals surface area (Å²) in [5, 5.41) is 43.0. The molecule has 11 heteroatoms. The lowest BCUT2D eigenvalue weighted by molar-refractivity contribution is -0.293. The number of ether oxygens (including phenoxy) is 2. The molecule has 0 bridgehead atoms. The first-order valence-corrected chi connectivity index (χ1v) is 8.43. The number of benzene rings is 1. The Morgan fingerprint density at radius 3 is 2.68 bits per heavy atom. The van der Waals surface area contributed by atoms with E-state index in [2.05, 4.69) is 10.3 Å². The minimum absolute atomic E-state index is 0.171. The van der Waals surface area contributed by atoms with Crippen LogP contribution in [0.2, 0.25) is 0 Å². The summed E-state index contributed by atoms with van der Waals surface area (Å²) in [4.78, 5) is 16.4. The topological polar surface area (TPSA) is 172 Å². The number of aliphatic hydroxyl groups is 4. The number of aromatic nitrogens is 2. The van der Waals surface area contributed by atoms with E-state index in [0.29, 0.717) is 5.75 Å². The molecule has 0 aliphatic carbocycles. The van der Waals surface area contributed by atoms with E-state index >= 15 is 0 Å². The van der Waals surface area contributed by atoms with Gasteiger partial charge >= 0.3 is 0 Å². The smallest absolute Gasteiger partial charge is 0.287 e. The van der Waals surface area contributed by atoms with E-state index in [1.807, 2.05) is 0 Å².